The molecule has 0 aromatic carbocycles. The molecule has 33 heavy (non-hydrogen) atoms. The molecule has 1 amide bonds. The van der Waals surface area contributed by atoms with E-state index in [4.69, 9.17) is 0 Å². The molecule has 2 fully saturated rings. The molecule has 5 rings (SSSR count). The van der Waals surface area contributed by atoms with Crippen LogP contribution in [0.15, 0.2) is 41.9 Å². The number of carbonyl (C=O) groups excluding carboxylic acids is 1. The molecule has 1 atom stereocenters. The summed E-state index contributed by atoms with van der Waals surface area (Å²) in [4.78, 5) is 22.3. The predicted molar refractivity (Wildman–Crippen MR) is 122 cm³/mol. The lowest BCUT2D eigenvalue weighted by atomic mass is 9.77. The van der Waals surface area contributed by atoms with E-state index < -0.39 is 6.10 Å². The number of aliphatic hydroxyl groups excluding tert-OH is 1. The van der Waals surface area contributed by atoms with Crippen LogP contribution in [0.5, 0.6) is 0 Å². The largest absolute Gasteiger partial charge is 0.387 e. The third-order valence-electron chi connectivity index (χ3n) is 7.76. The number of tetrazole rings is 1. The Kier molecular flexibility index (Phi) is 5.62. The van der Waals surface area contributed by atoms with Crippen molar-refractivity contribution in [3.05, 3.63) is 53.1 Å². The van der Waals surface area contributed by atoms with Crippen LogP contribution in [-0.2, 0) is 4.79 Å². The lowest BCUT2D eigenvalue weighted by Crippen LogP contribution is -2.45. The monoisotopic (exact) mass is 449 g/mol. The number of aliphatic hydroxyl groups is 1. The van der Waals surface area contributed by atoms with Gasteiger partial charge in [0.1, 0.15) is 6.33 Å². The minimum absolute atomic E-state index is 0.246. The number of piperidine rings is 1. The molecular weight excluding hydrogens is 418 g/mol. The van der Waals surface area contributed by atoms with Crippen LogP contribution < -0.4 is 0 Å². The van der Waals surface area contributed by atoms with Crippen molar-refractivity contribution in [2.45, 2.75) is 52.1 Å². The lowest BCUT2D eigenvalue weighted by Gasteiger charge is -2.38. The van der Waals surface area contributed by atoms with Crippen LogP contribution in [0.1, 0.15) is 56.4 Å². The number of hydrogen-bond donors (Lipinski definition) is 1. The molecule has 9 heteroatoms. The van der Waals surface area contributed by atoms with Gasteiger partial charge in [0.05, 0.1) is 11.5 Å². The molecule has 2 aliphatic heterocycles. The summed E-state index contributed by atoms with van der Waals surface area (Å²) in [5.41, 5.74) is 4.87. The second-order valence-electron chi connectivity index (χ2n) is 9.58. The number of pyridine rings is 1. The molecule has 2 saturated heterocycles. The number of aryl methyl sites for hydroxylation is 1. The molecule has 1 unspecified atom stereocenters. The quantitative estimate of drug-likeness (QED) is 0.748. The first kappa shape index (κ1) is 21.9. The first-order chi connectivity index (χ1) is 15.9. The van der Waals surface area contributed by atoms with Gasteiger partial charge in [0.15, 0.2) is 5.82 Å². The number of allylic oxidation sites excluding steroid dienone is 3. The van der Waals surface area contributed by atoms with Gasteiger partial charge in [0.25, 0.3) is 0 Å². The van der Waals surface area contributed by atoms with Crippen molar-refractivity contribution in [1.29, 1.82) is 0 Å². The summed E-state index contributed by atoms with van der Waals surface area (Å²) in [5.74, 6) is 0.916. The van der Waals surface area contributed by atoms with E-state index >= 15 is 0 Å². The van der Waals surface area contributed by atoms with E-state index in [1.54, 1.807) is 0 Å². The summed E-state index contributed by atoms with van der Waals surface area (Å²) in [5, 5.41) is 22.0. The first-order valence-corrected chi connectivity index (χ1v) is 11.7. The maximum Gasteiger partial charge on any atom is 0.233 e. The molecule has 2 aromatic rings. The van der Waals surface area contributed by atoms with Crippen molar-refractivity contribution < 1.29 is 9.90 Å². The fraction of sp³-hybridized carbons (Fsp3) is 0.542. The van der Waals surface area contributed by atoms with E-state index in [1.807, 2.05) is 24.0 Å². The Morgan fingerprint density at radius 2 is 1.91 bits per heavy atom. The topological polar surface area (TPSA) is 100 Å². The Morgan fingerprint density at radius 1 is 1.15 bits per heavy atom. The molecule has 1 aliphatic carbocycles. The number of carbonyl (C=O) groups is 1. The van der Waals surface area contributed by atoms with Crippen LogP contribution >= 0.6 is 0 Å². The van der Waals surface area contributed by atoms with Gasteiger partial charge in [-0.25, -0.2) is 4.98 Å². The smallest absolute Gasteiger partial charge is 0.233 e. The standard InChI is InChI=1S/C24H31N7O2/c1-16-4-6-20(17(16)2)30-13-10-24(23(30)33)8-11-29(12-9-24)14-21(32)19-5-7-22(26-18(19)3)31-15-25-27-28-31/h5,7,15,21,32H,1,4,6,8-14H2,2-3H3. The zero-order chi connectivity index (χ0) is 23.2. The summed E-state index contributed by atoms with van der Waals surface area (Å²) < 4.78 is 1.49. The Balaban J connectivity index is 1.21. The summed E-state index contributed by atoms with van der Waals surface area (Å²) in [6, 6.07) is 3.70. The van der Waals surface area contributed by atoms with Gasteiger partial charge in [0.2, 0.25) is 5.91 Å². The minimum atomic E-state index is -0.637. The van der Waals surface area contributed by atoms with Gasteiger partial charge in [-0.1, -0.05) is 18.2 Å². The fourth-order valence-electron chi connectivity index (χ4n) is 5.54. The van der Waals surface area contributed by atoms with Crippen LogP contribution in [0.3, 0.4) is 0 Å². The average Bonchev–Trinajstić information content (AvgIpc) is 3.53. The van der Waals surface area contributed by atoms with E-state index in [-0.39, 0.29) is 5.41 Å². The first-order valence-electron chi connectivity index (χ1n) is 11.7. The van der Waals surface area contributed by atoms with E-state index in [9.17, 15) is 9.90 Å². The van der Waals surface area contributed by atoms with Gasteiger partial charge in [-0.2, -0.15) is 4.68 Å². The third kappa shape index (κ3) is 3.89. The van der Waals surface area contributed by atoms with E-state index in [0.717, 1.165) is 63.0 Å². The molecule has 4 heterocycles. The molecule has 3 aliphatic rings. The van der Waals surface area contributed by atoms with Gasteiger partial charge in [-0.15, -0.1) is 5.10 Å². The molecule has 174 valence electrons. The van der Waals surface area contributed by atoms with Crippen LogP contribution in [0, 0.1) is 12.3 Å². The van der Waals surface area contributed by atoms with Crippen LogP contribution in [0.4, 0.5) is 0 Å². The van der Waals surface area contributed by atoms with Gasteiger partial charge >= 0.3 is 0 Å². The SMILES string of the molecule is C=C1CCC(N2CCC3(CCN(CC(O)c4ccc(-n5cnnn5)nc4C)CC3)C2=O)=C1C. The van der Waals surface area contributed by atoms with Crippen molar-refractivity contribution in [3.8, 4) is 5.82 Å². The van der Waals surface area contributed by atoms with Crippen molar-refractivity contribution in [2.24, 2.45) is 5.41 Å². The molecule has 1 N–H and O–H groups in total. The molecule has 9 nitrogen and oxygen atoms in total. The number of likely N-dealkylation sites (tertiary alicyclic amines) is 2. The van der Waals surface area contributed by atoms with Crippen molar-refractivity contribution in [2.75, 3.05) is 26.2 Å². The molecule has 0 bridgehead atoms. The van der Waals surface area contributed by atoms with Crippen molar-refractivity contribution in [1.82, 2.24) is 35.0 Å². The van der Waals surface area contributed by atoms with E-state index in [1.165, 1.54) is 27.9 Å². The molecule has 2 aromatic heterocycles. The number of nitrogens with zero attached hydrogens (tertiary/aromatic N) is 7. The minimum Gasteiger partial charge on any atom is -0.387 e. The highest BCUT2D eigenvalue weighted by Crippen LogP contribution is 2.45. The van der Waals surface area contributed by atoms with Gasteiger partial charge in [0, 0.05) is 30.0 Å². The summed E-state index contributed by atoms with van der Waals surface area (Å²) in [6.07, 6.45) is 5.37. The highest BCUT2D eigenvalue weighted by molar-refractivity contribution is 5.87. The molecule has 1 spiro atoms. The highest BCUT2D eigenvalue weighted by atomic mass is 16.3. The number of rotatable bonds is 5. The number of aromatic nitrogens is 5. The van der Waals surface area contributed by atoms with Gasteiger partial charge < -0.3 is 14.9 Å². The molecule has 0 saturated carbocycles. The van der Waals surface area contributed by atoms with Crippen molar-refractivity contribution in [3.63, 3.8) is 0 Å². The Morgan fingerprint density at radius 3 is 2.55 bits per heavy atom. The Labute approximate surface area is 193 Å². The molecular formula is C24H31N7O2. The van der Waals surface area contributed by atoms with Gasteiger partial charge in [-0.3, -0.25) is 4.79 Å². The maximum atomic E-state index is 13.4. The zero-order valence-electron chi connectivity index (χ0n) is 19.4. The lowest BCUT2D eigenvalue weighted by molar-refractivity contribution is -0.137. The van der Waals surface area contributed by atoms with Crippen LogP contribution in [-0.4, -0.2) is 72.2 Å². The van der Waals surface area contributed by atoms with Crippen molar-refractivity contribution >= 4 is 5.91 Å². The number of hydrogen-bond acceptors (Lipinski definition) is 7. The fourth-order valence-corrected chi connectivity index (χ4v) is 5.54. The number of β-amino-alcohol motifs (C(OH)–C–C–N with tert-alkyl or cyclic N) is 1. The average molecular weight is 450 g/mol. The maximum absolute atomic E-state index is 13.4. The summed E-state index contributed by atoms with van der Waals surface area (Å²) in [7, 11) is 0. The highest BCUT2D eigenvalue weighted by Gasteiger charge is 2.49. The second-order valence-corrected chi connectivity index (χ2v) is 9.58. The second kappa shape index (κ2) is 8.46. The Bertz CT molecular complexity index is 1100. The predicted octanol–water partition coefficient (Wildman–Crippen LogP) is 2.34. The molecule has 0 radical (unpaired) electrons. The van der Waals surface area contributed by atoms with E-state index in [0.29, 0.717) is 18.3 Å². The Hall–Kier alpha value is -2.91. The van der Waals surface area contributed by atoms with Crippen LogP contribution in [0.25, 0.3) is 5.82 Å². The summed E-state index contributed by atoms with van der Waals surface area (Å²) >= 11 is 0. The van der Waals surface area contributed by atoms with Crippen LogP contribution in [0.2, 0.25) is 0 Å². The van der Waals surface area contributed by atoms with E-state index in [2.05, 4.69) is 38.9 Å². The zero-order valence-corrected chi connectivity index (χ0v) is 19.4. The van der Waals surface area contributed by atoms with Gasteiger partial charge in [-0.05, 0) is 81.1 Å². The third-order valence-corrected chi connectivity index (χ3v) is 7.76. The number of amides is 1. The normalized spacial score (nSPS) is 22.1. The summed E-state index contributed by atoms with van der Waals surface area (Å²) in [6.45, 7) is 11.1.